The quantitative estimate of drug-likeness (QED) is 0.906. The lowest BCUT2D eigenvalue weighted by Crippen LogP contribution is -2.59. The third kappa shape index (κ3) is 3.54. The summed E-state index contributed by atoms with van der Waals surface area (Å²) in [5.41, 5.74) is 8.04. The molecule has 1 aromatic rings. The van der Waals surface area contributed by atoms with Crippen molar-refractivity contribution >= 4 is 11.8 Å². The fraction of sp³-hybridized carbons (Fsp3) is 0.688. The van der Waals surface area contributed by atoms with Gasteiger partial charge in [-0.1, -0.05) is 20.8 Å². The van der Waals surface area contributed by atoms with E-state index < -0.39 is 0 Å². The lowest BCUT2D eigenvalue weighted by molar-refractivity contribution is 0.0663. The molecule has 2 rings (SSSR count). The van der Waals surface area contributed by atoms with Crippen molar-refractivity contribution in [2.24, 2.45) is 11.1 Å². The molecule has 1 aliphatic heterocycles. The molecule has 0 saturated carbocycles. The number of nitrogens with zero attached hydrogens (tertiary/aromatic N) is 2. The monoisotopic (exact) mass is 293 g/mol. The van der Waals surface area contributed by atoms with Crippen LogP contribution >= 0.6 is 11.8 Å². The van der Waals surface area contributed by atoms with Gasteiger partial charge in [0, 0.05) is 36.8 Å². The van der Waals surface area contributed by atoms with Crippen molar-refractivity contribution in [3.8, 4) is 0 Å². The maximum absolute atomic E-state index is 6.22. The molecule has 1 atom stereocenters. The van der Waals surface area contributed by atoms with E-state index in [2.05, 4.69) is 54.5 Å². The zero-order chi connectivity index (χ0) is 14.6. The Hall–Kier alpha value is -0.580. The summed E-state index contributed by atoms with van der Waals surface area (Å²) in [6.45, 7) is 9.71. The first-order chi connectivity index (χ1) is 9.51. The largest absolute Gasteiger partial charge is 0.329 e. The maximum atomic E-state index is 6.22. The van der Waals surface area contributed by atoms with Crippen LogP contribution in [0.1, 0.15) is 32.8 Å². The normalized spacial score (nSPS) is 25.9. The minimum atomic E-state index is 0.129. The lowest BCUT2D eigenvalue weighted by Gasteiger charge is -2.50. The number of nitrogens with two attached hydrogens (primary N) is 1. The number of aromatic nitrogens is 1. The molecule has 1 aromatic heterocycles. The van der Waals surface area contributed by atoms with E-state index in [9.17, 15) is 0 Å². The third-order valence-corrected chi connectivity index (χ3v) is 5.95. The molecule has 3 nitrogen and oxygen atoms in total. The predicted molar refractivity (Wildman–Crippen MR) is 87.8 cm³/mol. The number of hydrogen-bond acceptors (Lipinski definition) is 4. The standard InChI is InChI=1S/C16H27N3S/c1-4-19(9-14-5-7-18-8-6-14)16(11-17)10-15(2,3)12-20-13-16/h5-8H,4,9-13,17H2,1-3H3. The smallest absolute Gasteiger partial charge is 0.0430 e. The Morgan fingerprint density at radius 3 is 2.55 bits per heavy atom. The first-order valence-corrected chi connectivity index (χ1v) is 8.59. The van der Waals surface area contributed by atoms with E-state index in [1.165, 1.54) is 17.7 Å². The second kappa shape index (κ2) is 6.46. The van der Waals surface area contributed by atoms with Crippen molar-refractivity contribution < 1.29 is 0 Å². The van der Waals surface area contributed by atoms with Gasteiger partial charge in [-0.15, -0.1) is 0 Å². The predicted octanol–water partition coefficient (Wildman–Crippen LogP) is 2.76. The molecule has 20 heavy (non-hydrogen) atoms. The molecule has 1 fully saturated rings. The maximum Gasteiger partial charge on any atom is 0.0430 e. The van der Waals surface area contributed by atoms with Crippen LogP contribution in [0.3, 0.4) is 0 Å². The van der Waals surface area contributed by atoms with Crippen molar-refractivity contribution in [3.05, 3.63) is 30.1 Å². The molecule has 0 radical (unpaired) electrons. The molecular weight excluding hydrogens is 266 g/mol. The van der Waals surface area contributed by atoms with Crippen LogP contribution in [0.25, 0.3) is 0 Å². The number of likely N-dealkylation sites (N-methyl/N-ethyl adjacent to an activating group) is 1. The van der Waals surface area contributed by atoms with Crippen LogP contribution in [0, 0.1) is 5.41 Å². The SMILES string of the molecule is CCN(Cc1ccncc1)C1(CN)CSCC(C)(C)C1. The highest BCUT2D eigenvalue weighted by Gasteiger charge is 2.43. The van der Waals surface area contributed by atoms with Gasteiger partial charge in [0.15, 0.2) is 0 Å². The average Bonchev–Trinajstić information content (AvgIpc) is 2.44. The highest BCUT2D eigenvalue weighted by atomic mass is 32.2. The second-order valence-electron chi connectivity index (χ2n) is 6.63. The molecule has 0 aromatic carbocycles. The molecule has 0 bridgehead atoms. The van der Waals surface area contributed by atoms with E-state index in [1.807, 2.05) is 12.4 Å². The van der Waals surface area contributed by atoms with E-state index in [1.54, 1.807) is 0 Å². The van der Waals surface area contributed by atoms with Crippen LogP contribution in [0.2, 0.25) is 0 Å². The highest BCUT2D eigenvalue weighted by Crippen LogP contribution is 2.42. The fourth-order valence-corrected chi connectivity index (χ4v) is 4.84. The van der Waals surface area contributed by atoms with Crippen LogP contribution in [-0.2, 0) is 6.54 Å². The molecule has 0 aliphatic carbocycles. The summed E-state index contributed by atoms with van der Waals surface area (Å²) in [6.07, 6.45) is 4.93. The van der Waals surface area contributed by atoms with E-state index in [0.29, 0.717) is 5.41 Å². The molecule has 2 heterocycles. The van der Waals surface area contributed by atoms with Crippen LogP contribution in [0.5, 0.6) is 0 Å². The Morgan fingerprint density at radius 2 is 2.00 bits per heavy atom. The second-order valence-corrected chi connectivity index (χ2v) is 7.62. The molecule has 0 amide bonds. The summed E-state index contributed by atoms with van der Waals surface area (Å²) < 4.78 is 0. The van der Waals surface area contributed by atoms with Crippen molar-refractivity contribution in [1.82, 2.24) is 9.88 Å². The molecule has 1 aliphatic rings. The van der Waals surface area contributed by atoms with Gasteiger partial charge in [0.25, 0.3) is 0 Å². The Bertz CT molecular complexity index is 421. The van der Waals surface area contributed by atoms with Gasteiger partial charge >= 0.3 is 0 Å². The summed E-state index contributed by atoms with van der Waals surface area (Å²) in [7, 11) is 0. The molecule has 1 unspecified atom stereocenters. The van der Waals surface area contributed by atoms with Gasteiger partial charge in [-0.05, 0) is 41.8 Å². The molecular formula is C16H27N3S. The van der Waals surface area contributed by atoms with Crippen molar-refractivity contribution in [1.29, 1.82) is 0 Å². The molecule has 2 N–H and O–H groups in total. The van der Waals surface area contributed by atoms with Crippen LogP contribution in [0.15, 0.2) is 24.5 Å². The van der Waals surface area contributed by atoms with Crippen molar-refractivity contribution in [3.63, 3.8) is 0 Å². The first kappa shape index (κ1) is 15.8. The summed E-state index contributed by atoms with van der Waals surface area (Å²) in [4.78, 5) is 6.67. The number of hydrogen-bond donors (Lipinski definition) is 1. The average molecular weight is 293 g/mol. The number of rotatable bonds is 5. The summed E-state index contributed by atoms with van der Waals surface area (Å²) >= 11 is 2.05. The summed E-state index contributed by atoms with van der Waals surface area (Å²) in [6, 6.07) is 4.21. The van der Waals surface area contributed by atoms with Crippen LogP contribution in [-0.4, -0.2) is 40.0 Å². The zero-order valence-electron chi connectivity index (χ0n) is 12.9. The topological polar surface area (TPSA) is 42.2 Å². The molecule has 4 heteroatoms. The van der Waals surface area contributed by atoms with Gasteiger partial charge in [-0.25, -0.2) is 0 Å². The Labute approximate surface area is 127 Å². The van der Waals surface area contributed by atoms with Gasteiger partial charge < -0.3 is 5.73 Å². The van der Waals surface area contributed by atoms with Gasteiger partial charge in [0.2, 0.25) is 0 Å². The Morgan fingerprint density at radius 1 is 1.30 bits per heavy atom. The van der Waals surface area contributed by atoms with Gasteiger partial charge in [0.1, 0.15) is 0 Å². The lowest BCUT2D eigenvalue weighted by atomic mass is 9.78. The minimum absolute atomic E-state index is 0.129. The van der Waals surface area contributed by atoms with Crippen molar-refractivity contribution in [2.75, 3.05) is 24.6 Å². The third-order valence-electron chi connectivity index (χ3n) is 4.23. The fourth-order valence-electron chi connectivity index (χ4n) is 3.30. The zero-order valence-corrected chi connectivity index (χ0v) is 13.7. The Kier molecular flexibility index (Phi) is 5.10. The number of pyridine rings is 1. The van der Waals surface area contributed by atoms with E-state index >= 15 is 0 Å². The summed E-state index contributed by atoms with van der Waals surface area (Å²) in [5.74, 6) is 2.38. The highest BCUT2D eigenvalue weighted by molar-refractivity contribution is 7.99. The molecule has 1 saturated heterocycles. The Balaban J connectivity index is 2.19. The van der Waals surface area contributed by atoms with Gasteiger partial charge in [-0.2, -0.15) is 11.8 Å². The van der Waals surface area contributed by atoms with Crippen LogP contribution < -0.4 is 5.73 Å². The van der Waals surface area contributed by atoms with E-state index in [0.717, 1.165) is 25.4 Å². The van der Waals surface area contributed by atoms with Crippen molar-refractivity contribution in [2.45, 2.75) is 39.3 Å². The molecule has 0 spiro atoms. The van der Waals surface area contributed by atoms with Gasteiger partial charge in [-0.3, -0.25) is 9.88 Å². The first-order valence-electron chi connectivity index (χ1n) is 7.43. The minimum Gasteiger partial charge on any atom is -0.329 e. The van der Waals surface area contributed by atoms with Crippen LogP contribution in [0.4, 0.5) is 0 Å². The van der Waals surface area contributed by atoms with Gasteiger partial charge in [0.05, 0.1) is 0 Å². The molecule has 112 valence electrons. The van der Waals surface area contributed by atoms with E-state index in [-0.39, 0.29) is 5.54 Å². The summed E-state index contributed by atoms with van der Waals surface area (Å²) in [5, 5.41) is 0. The number of thioether (sulfide) groups is 1. The van der Waals surface area contributed by atoms with E-state index in [4.69, 9.17) is 5.73 Å².